The third-order valence-corrected chi connectivity index (χ3v) is 8.56. The lowest BCUT2D eigenvalue weighted by Crippen LogP contribution is -2.13. The fourth-order valence-corrected chi connectivity index (χ4v) is 8.99. The molecule has 0 bridgehead atoms. The molecule has 0 atom stereocenters. The van der Waals surface area contributed by atoms with Crippen LogP contribution in [0.25, 0.3) is 0 Å². The van der Waals surface area contributed by atoms with E-state index in [1.807, 2.05) is 0 Å². The van der Waals surface area contributed by atoms with E-state index in [-0.39, 0.29) is 0 Å². The molecular formula is C12H26P+. The van der Waals surface area contributed by atoms with Crippen LogP contribution in [-0.2, 0) is 0 Å². The van der Waals surface area contributed by atoms with Gasteiger partial charge in [0.2, 0.25) is 0 Å². The first-order valence-corrected chi connectivity index (χ1v) is 8.42. The van der Waals surface area contributed by atoms with Gasteiger partial charge in [-0.05, 0) is 24.7 Å². The van der Waals surface area contributed by atoms with Gasteiger partial charge in [0.25, 0.3) is 0 Å². The van der Waals surface area contributed by atoms with E-state index < -0.39 is 7.26 Å². The third kappa shape index (κ3) is 3.58. The van der Waals surface area contributed by atoms with Gasteiger partial charge in [-0.1, -0.05) is 27.7 Å². The zero-order valence-electron chi connectivity index (χ0n) is 9.84. The van der Waals surface area contributed by atoms with E-state index in [0.717, 1.165) is 11.8 Å². The van der Waals surface area contributed by atoms with E-state index in [2.05, 4.69) is 27.7 Å². The molecule has 0 aliphatic carbocycles. The maximum absolute atomic E-state index is 2.40. The van der Waals surface area contributed by atoms with Crippen molar-refractivity contribution >= 4 is 7.26 Å². The van der Waals surface area contributed by atoms with Crippen molar-refractivity contribution < 1.29 is 0 Å². The summed E-state index contributed by atoms with van der Waals surface area (Å²) in [5.41, 5.74) is 0. The van der Waals surface area contributed by atoms with Crippen LogP contribution in [0.1, 0.15) is 40.5 Å². The Morgan fingerprint density at radius 1 is 0.846 bits per heavy atom. The quantitative estimate of drug-likeness (QED) is 0.600. The Hall–Kier alpha value is 0.430. The van der Waals surface area contributed by atoms with Gasteiger partial charge in [0, 0.05) is 7.26 Å². The highest BCUT2D eigenvalue weighted by atomic mass is 31.2. The molecule has 1 saturated heterocycles. The Kier molecular flexibility index (Phi) is 4.23. The topological polar surface area (TPSA) is 0 Å². The number of hydrogen-bond acceptors (Lipinski definition) is 0. The van der Waals surface area contributed by atoms with Crippen molar-refractivity contribution in [1.82, 2.24) is 0 Å². The molecular weight excluding hydrogens is 175 g/mol. The lowest BCUT2D eigenvalue weighted by atomic mass is 10.3. The summed E-state index contributed by atoms with van der Waals surface area (Å²) < 4.78 is 0. The second kappa shape index (κ2) is 4.78. The van der Waals surface area contributed by atoms with Crippen LogP contribution in [0.2, 0.25) is 0 Å². The average molecular weight is 201 g/mol. The molecule has 0 radical (unpaired) electrons. The monoisotopic (exact) mass is 201 g/mol. The number of rotatable bonds is 4. The molecule has 13 heavy (non-hydrogen) atoms. The largest absolute Gasteiger partial charge is 0.0617 e. The zero-order chi connectivity index (χ0) is 9.90. The van der Waals surface area contributed by atoms with Crippen LogP contribution in [0, 0.1) is 11.8 Å². The summed E-state index contributed by atoms with van der Waals surface area (Å²) in [6.07, 6.45) is 9.45. The molecule has 0 aromatic carbocycles. The second-order valence-electron chi connectivity index (χ2n) is 5.65. The Labute approximate surface area is 84.8 Å². The fourth-order valence-electron chi connectivity index (χ4n) is 3.00. The minimum Gasteiger partial charge on any atom is -0.0593 e. The molecule has 1 heterocycles. The minimum atomic E-state index is -0.459. The van der Waals surface area contributed by atoms with Gasteiger partial charge in [0.15, 0.2) is 0 Å². The first kappa shape index (κ1) is 11.5. The molecule has 0 unspecified atom stereocenters. The molecule has 0 aromatic heterocycles. The van der Waals surface area contributed by atoms with Crippen LogP contribution in [0.5, 0.6) is 0 Å². The molecule has 78 valence electrons. The van der Waals surface area contributed by atoms with Gasteiger partial charge < -0.3 is 0 Å². The van der Waals surface area contributed by atoms with Crippen molar-refractivity contribution in [2.45, 2.75) is 40.5 Å². The van der Waals surface area contributed by atoms with Crippen LogP contribution in [0.3, 0.4) is 0 Å². The van der Waals surface area contributed by atoms with Crippen molar-refractivity contribution in [2.24, 2.45) is 11.8 Å². The fraction of sp³-hybridized carbons (Fsp3) is 1.00. The molecule has 1 fully saturated rings. The second-order valence-corrected chi connectivity index (χ2v) is 9.96. The Morgan fingerprint density at radius 3 is 1.54 bits per heavy atom. The van der Waals surface area contributed by atoms with E-state index in [0.29, 0.717) is 0 Å². The zero-order valence-corrected chi connectivity index (χ0v) is 10.7. The van der Waals surface area contributed by atoms with Gasteiger partial charge in [0.05, 0.1) is 24.6 Å². The molecule has 0 N–H and O–H groups in total. The molecule has 0 amide bonds. The lowest BCUT2D eigenvalue weighted by Gasteiger charge is -2.26. The molecule has 0 spiro atoms. The van der Waals surface area contributed by atoms with E-state index in [1.54, 1.807) is 24.6 Å². The summed E-state index contributed by atoms with van der Waals surface area (Å²) in [4.78, 5) is 0. The van der Waals surface area contributed by atoms with Gasteiger partial charge in [-0.3, -0.25) is 0 Å². The molecule has 0 nitrogen and oxygen atoms in total. The lowest BCUT2D eigenvalue weighted by molar-refractivity contribution is 0.711. The predicted molar refractivity (Wildman–Crippen MR) is 65.3 cm³/mol. The van der Waals surface area contributed by atoms with Crippen molar-refractivity contribution in [2.75, 3.05) is 24.6 Å². The maximum Gasteiger partial charge on any atom is 0.0617 e. The maximum atomic E-state index is 2.40. The van der Waals surface area contributed by atoms with Gasteiger partial charge in [0.1, 0.15) is 0 Å². The van der Waals surface area contributed by atoms with Crippen LogP contribution in [0.4, 0.5) is 0 Å². The molecule has 1 rings (SSSR count). The van der Waals surface area contributed by atoms with Crippen LogP contribution >= 0.6 is 7.26 Å². The van der Waals surface area contributed by atoms with Gasteiger partial charge in [-0.2, -0.15) is 0 Å². The molecule has 1 aliphatic rings. The standard InChI is InChI=1S/C12H26P/c1-11(2)9-13(10-12(3)4)7-5-6-8-13/h11-12H,5-10H2,1-4H3/q+1. The molecule has 0 saturated carbocycles. The van der Waals surface area contributed by atoms with Crippen molar-refractivity contribution in [3.63, 3.8) is 0 Å². The Balaban J connectivity index is 2.52. The van der Waals surface area contributed by atoms with Gasteiger partial charge in [-0.25, -0.2) is 0 Å². The highest BCUT2D eigenvalue weighted by molar-refractivity contribution is 7.76. The summed E-state index contributed by atoms with van der Waals surface area (Å²) in [6.45, 7) is 9.61. The highest BCUT2D eigenvalue weighted by Crippen LogP contribution is 2.65. The third-order valence-electron chi connectivity index (χ3n) is 3.02. The van der Waals surface area contributed by atoms with E-state index >= 15 is 0 Å². The minimum absolute atomic E-state index is 0.459. The summed E-state index contributed by atoms with van der Waals surface area (Å²) >= 11 is 0. The molecule has 1 aliphatic heterocycles. The molecule has 1 heteroatoms. The SMILES string of the molecule is CC(C)C[P+]1(CC(C)C)CCCC1. The Morgan fingerprint density at radius 2 is 1.23 bits per heavy atom. The first-order valence-electron chi connectivity index (χ1n) is 5.89. The average Bonchev–Trinajstić information content (AvgIpc) is 2.33. The Bertz CT molecular complexity index is 131. The van der Waals surface area contributed by atoms with Gasteiger partial charge >= 0.3 is 0 Å². The predicted octanol–water partition coefficient (Wildman–Crippen LogP) is 4.11. The van der Waals surface area contributed by atoms with Crippen LogP contribution in [0.15, 0.2) is 0 Å². The normalized spacial score (nSPS) is 21.7. The smallest absolute Gasteiger partial charge is 0.0593 e. The van der Waals surface area contributed by atoms with E-state index in [1.165, 1.54) is 12.8 Å². The summed E-state index contributed by atoms with van der Waals surface area (Å²) in [6, 6.07) is 0. The number of hydrogen-bond donors (Lipinski definition) is 0. The molecule has 0 aromatic rings. The van der Waals surface area contributed by atoms with Crippen molar-refractivity contribution in [1.29, 1.82) is 0 Å². The van der Waals surface area contributed by atoms with E-state index in [4.69, 9.17) is 0 Å². The van der Waals surface area contributed by atoms with Crippen LogP contribution in [-0.4, -0.2) is 24.6 Å². The van der Waals surface area contributed by atoms with E-state index in [9.17, 15) is 0 Å². The summed E-state index contributed by atoms with van der Waals surface area (Å²) in [5, 5.41) is 0. The van der Waals surface area contributed by atoms with Crippen molar-refractivity contribution in [3.8, 4) is 0 Å². The van der Waals surface area contributed by atoms with Gasteiger partial charge in [-0.15, -0.1) is 0 Å². The van der Waals surface area contributed by atoms with Crippen LogP contribution < -0.4 is 0 Å². The summed E-state index contributed by atoms with van der Waals surface area (Å²) in [7, 11) is -0.459. The van der Waals surface area contributed by atoms with Crippen molar-refractivity contribution in [3.05, 3.63) is 0 Å². The summed E-state index contributed by atoms with van der Waals surface area (Å²) in [5.74, 6) is 1.87. The first-order chi connectivity index (χ1) is 6.04. The highest BCUT2D eigenvalue weighted by Gasteiger charge is 2.41.